The van der Waals surface area contributed by atoms with E-state index in [2.05, 4.69) is 0 Å². The Hall–Kier alpha value is -0.990. The smallest absolute Gasteiger partial charge is 0.246 e. The Morgan fingerprint density at radius 1 is 1.71 bits per heavy atom. The summed E-state index contributed by atoms with van der Waals surface area (Å²) in [6, 6.07) is 0. The van der Waals surface area contributed by atoms with Crippen molar-refractivity contribution in [2.45, 2.75) is 0 Å². The Morgan fingerprint density at radius 3 is 2.57 bits per heavy atom. The van der Waals surface area contributed by atoms with E-state index in [-0.39, 0.29) is 0 Å². The Labute approximate surface area is 41.4 Å². The third-order valence-corrected chi connectivity index (χ3v) is 0.745. The van der Waals surface area contributed by atoms with Crippen LogP contribution in [0.15, 0.2) is 18.7 Å². The molecule has 0 saturated heterocycles. The van der Waals surface area contributed by atoms with E-state index in [9.17, 15) is 5.21 Å². The lowest BCUT2D eigenvalue weighted by Gasteiger charge is -1.87. The second kappa shape index (κ2) is 1.26. The highest BCUT2D eigenvalue weighted by atomic mass is 16.5. The summed E-state index contributed by atoms with van der Waals surface area (Å²) in [7, 11) is 1.80. The fourth-order valence-electron chi connectivity index (χ4n) is 0.427. The number of hydrogen-bond acceptors (Lipinski definition) is 1. The van der Waals surface area contributed by atoms with Gasteiger partial charge in [0.25, 0.3) is 0 Å². The van der Waals surface area contributed by atoms with Gasteiger partial charge in [0.15, 0.2) is 0 Å². The normalized spacial score (nSPS) is 9.29. The number of aryl methyl sites for hydroxylation is 1. The van der Waals surface area contributed by atoms with Crippen LogP contribution in [0.25, 0.3) is 0 Å². The minimum absolute atomic E-state index is 0.750. The zero-order valence-electron chi connectivity index (χ0n) is 4.03. The minimum atomic E-state index is 0.750. The van der Waals surface area contributed by atoms with Crippen molar-refractivity contribution in [2.75, 3.05) is 0 Å². The van der Waals surface area contributed by atoms with Gasteiger partial charge in [-0.15, -0.1) is 0 Å². The van der Waals surface area contributed by atoms with Gasteiger partial charge in [0.05, 0.1) is 7.05 Å². The molecule has 0 fully saturated rings. The average Bonchev–Trinajstić information content (AvgIpc) is 1.87. The number of imidazole rings is 1. The van der Waals surface area contributed by atoms with E-state index in [4.69, 9.17) is 0 Å². The zero-order valence-corrected chi connectivity index (χ0v) is 4.03. The van der Waals surface area contributed by atoms with Crippen molar-refractivity contribution in [2.24, 2.45) is 7.05 Å². The van der Waals surface area contributed by atoms with Gasteiger partial charge in [-0.05, 0) is 0 Å². The minimum Gasteiger partial charge on any atom is -0.711 e. The number of nitrogens with zero attached hydrogens (tertiary/aromatic N) is 2. The molecule has 3 nitrogen and oxygen atoms in total. The van der Waals surface area contributed by atoms with Crippen molar-refractivity contribution in [1.82, 2.24) is 4.57 Å². The number of aromatic nitrogens is 2. The predicted octanol–water partition coefficient (Wildman–Crippen LogP) is -0.342. The molecule has 1 heterocycles. The first-order valence-electron chi connectivity index (χ1n) is 2.00. The third-order valence-electron chi connectivity index (χ3n) is 0.745. The molecule has 0 atom stereocenters. The second-order valence-corrected chi connectivity index (χ2v) is 1.44. The molecule has 1 aromatic rings. The summed E-state index contributed by atoms with van der Waals surface area (Å²) >= 11 is 0. The van der Waals surface area contributed by atoms with E-state index in [1.807, 2.05) is 0 Å². The van der Waals surface area contributed by atoms with Gasteiger partial charge in [-0.3, -0.25) is 0 Å². The Balaban J connectivity index is 3.04. The molecule has 7 heavy (non-hydrogen) atoms. The molecule has 1 rings (SSSR count). The highest BCUT2D eigenvalue weighted by Crippen LogP contribution is 1.71. The summed E-state index contributed by atoms with van der Waals surface area (Å²) in [6.07, 6.45) is 4.58. The van der Waals surface area contributed by atoms with Gasteiger partial charge < -0.3 is 5.21 Å². The third kappa shape index (κ3) is 0.707. The molecule has 1 aromatic heterocycles. The average molecular weight is 98.1 g/mol. The summed E-state index contributed by atoms with van der Waals surface area (Å²) in [5.74, 6) is 0. The molecule has 0 spiro atoms. The standard InChI is InChI=1S/C4H6N2O/c1-5-2-3-6(7)4-5/h2-4H,1H3. The van der Waals surface area contributed by atoms with Crippen molar-refractivity contribution in [3.63, 3.8) is 0 Å². The van der Waals surface area contributed by atoms with Crippen LogP contribution in [0.3, 0.4) is 0 Å². The Morgan fingerprint density at radius 2 is 2.43 bits per heavy atom. The SMILES string of the molecule is Cn1cc[n+]([O-])c1. The van der Waals surface area contributed by atoms with Gasteiger partial charge in [0.2, 0.25) is 6.33 Å². The molecule has 0 bridgehead atoms. The molecule has 0 aliphatic carbocycles. The summed E-state index contributed by atoms with van der Waals surface area (Å²) in [5.41, 5.74) is 0. The highest BCUT2D eigenvalue weighted by molar-refractivity contribution is 4.62. The molecule has 38 valence electrons. The molecule has 0 aliphatic rings. The van der Waals surface area contributed by atoms with Crippen LogP contribution in [0.1, 0.15) is 0 Å². The van der Waals surface area contributed by atoms with Crippen LogP contribution < -0.4 is 4.73 Å². The van der Waals surface area contributed by atoms with Crippen LogP contribution in [-0.2, 0) is 7.05 Å². The topological polar surface area (TPSA) is 31.9 Å². The van der Waals surface area contributed by atoms with Crippen molar-refractivity contribution < 1.29 is 4.73 Å². The molecule has 0 saturated carbocycles. The maximum atomic E-state index is 10.2. The molecular formula is C4H6N2O. The summed E-state index contributed by atoms with van der Waals surface area (Å²) in [6.45, 7) is 0. The number of hydrogen-bond donors (Lipinski definition) is 0. The lowest BCUT2D eigenvalue weighted by molar-refractivity contribution is -0.604. The Bertz CT molecular complexity index is 142. The quantitative estimate of drug-likeness (QED) is 0.322. The summed E-state index contributed by atoms with van der Waals surface area (Å²) in [4.78, 5) is 0. The van der Waals surface area contributed by atoms with E-state index in [1.54, 1.807) is 17.8 Å². The van der Waals surface area contributed by atoms with Crippen LogP contribution in [-0.4, -0.2) is 4.57 Å². The molecule has 0 radical (unpaired) electrons. The molecule has 0 N–H and O–H groups in total. The van der Waals surface area contributed by atoms with Crippen molar-refractivity contribution in [1.29, 1.82) is 0 Å². The summed E-state index contributed by atoms with van der Waals surface area (Å²) in [5, 5.41) is 10.2. The van der Waals surface area contributed by atoms with E-state index < -0.39 is 0 Å². The largest absolute Gasteiger partial charge is 0.711 e. The molecule has 0 unspecified atom stereocenters. The van der Waals surface area contributed by atoms with Gasteiger partial charge in [-0.1, -0.05) is 0 Å². The van der Waals surface area contributed by atoms with Crippen LogP contribution in [0.2, 0.25) is 0 Å². The monoisotopic (exact) mass is 98.0 g/mol. The first-order chi connectivity index (χ1) is 3.29. The molecule has 0 aromatic carbocycles. The van der Waals surface area contributed by atoms with E-state index in [0.29, 0.717) is 0 Å². The molecule has 0 aliphatic heterocycles. The van der Waals surface area contributed by atoms with Gasteiger partial charge in [0, 0.05) is 0 Å². The zero-order chi connectivity index (χ0) is 5.28. The van der Waals surface area contributed by atoms with Crippen molar-refractivity contribution >= 4 is 0 Å². The fraction of sp³-hybridized carbons (Fsp3) is 0.250. The lowest BCUT2D eigenvalue weighted by Crippen LogP contribution is -2.20. The first kappa shape index (κ1) is 4.18. The van der Waals surface area contributed by atoms with Gasteiger partial charge in [0.1, 0.15) is 12.4 Å². The van der Waals surface area contributed by atoms with Crippen LogP contribution >= 0.6 is 0 Å². The Kier molecular flexibility index (Phi) is 0.749. The van der Waals surface area contributed by atoms with E-state index in [1.165, 1.54) is 12.5 Å². The van der Waals surface area contributed by atoms with Gasteiger partial charge >= 0.3 is 0 Å². The van der Waals surface area contributed by atoms with Crippen LogP contribution in [0, 0.1) is 5.21 Å². The highest BCUT2D eigenvalue weighted by Gasteiger charge is 1.84. The lowest BCUT2D eigenvalue weighted by atomic mass is 10.9. The van der Waals surface area contributed by atoms with Crippen molar-refractivity contribution in [3.8, 4) is 0 Å². The van der Waals surface area contributed by atoms with Crippen LogP contribution in [0.4, 0.5) is 0 Å². The van der Waals surface area contributed by atoms with E-state index in [0.717, 1.165) is 4.73 Å². The number of rotatable bonds is 0. The van der Waals surface area contributed by atoms with Gasteiger partial charge in [-0.2, -0.15) is 0 Å². The second-order valence-electron chi connectivity index (χ2n) is 1.44. The first-order valence-corrected chi connectivity index (χ1v) is 2.00. The van der Waals surface area contributed by atoms with Gasteiger partial charge in [-0.25, -0.2) is 9.30 Å². The fourth-order valence-corrected chi connectivity index (χ4v) is 0.427. The predicted molar refractivity (Wildman–Crippen MR) is 24.4 cm³/mol. The maximum Gasteiger partial charge on any atom is 0.246 e. The van der Waals surface area contributed by atoms with Crippen LogP contribution in [0.5, 0.6) is 0 Å². The molecular weight excluding hydrogens is 92.1 g/mol. The molecule has 3 heteroatoms. The van der Waals surface area contributed by atoms with Crippen molar-refractivity contribution in [3.05, 3.63) is 23.9 Å². The maximum absolute atomic E-state index is 10.2. The molecule has 0 amide bonds. The van der Waals surface area contributed by atoms with E-state index >= 15 is 0 Å². The summed E-state index contributed by atoms with van der Waals surface area (Å²) < 4.78 is 2.44.